The van der Waals surface area contributed by atoms with Crippen LogP contribution in [0.3, 0.4) is 0 Å². The summed E-state index contributed by atoms with van der Waals surface area (Å²) in [5, 5.41) is 0.572. The van der Waals surface area contributed by atoms with Crippen LogP contribution in [0.25, 0.3) is 11.1 Å². The number of pyridine rings is 1. The van der Waals surface area contributed by atoms with Gasteiger partial charge in [0.25, 0.3) is 0 Å². The lowest BCUT2D eigenvalue weighted by molar-refractivity contribution is -0.164. The molecule has 1 aromatic heterocycles. The molecule has 0 spiro atoms. The van der Waals surface area contributed by atoms with Crippen LogP contribution in [0, 0.1) is 13.8 Å². The number of hydrogen-bond donors (Lipinski definition) is 0. The van der Waals surface area contributed by atoms with E-state index in [0.29, 0.717) is 27.4 Å². The number of carbonyl (C=O) groups is 2. The Morgan fingerprint density at radius 2 is 1.62 bits per heavy atom. The summed E-state index contributed by atoms with van der Waals surface area (Å²) in [6.45, 7) is 9.04. The Morgan fingerprint density at radius 3 is 2.10 bits per heavy atom. The third-order valence-corrected chi connectivity index (χ3v) is 4.58. The van der Waals surface area contributed by atoms with Crippen LogP contribution < -0.4 is 0 Å². The van der Waals surface area contributed by atoms with Crippen LogP contribution >= 0.6 is 11.6 Å². The Kier molecular flexibility index (Phi) is 7.03. The summed E-state index contributed by atoms with van der Waals surface area (Å²) >= 11 is 6.05. The average molecular weight is 420 g/mol. The van der Waals surface area contributed by atoms with Gasteiger partial charge in [-0.15, -0.1) is 0 Å². The summed E-state index contributed by atoms with van der Waals surface area (Å²) < 4.78 is 16.0. The van der Waals surface area contributed by atoms with E-state index in [1.807, 2.05) is 32.9 Å². The van der Waals surface area contributed by atoms with Gasteiger partial charge >= 0.3 is 11.9 Å². The van der Waals surface area contributed by atoms with Crippen molar-refractivity contribution in [1.82, 2.24) is 4.98 Å². The van der Waals surface area contributed by atoms with Gasteiger partial charge in [0.2, 0.25) is 0 Å². The van der Waals surface area contributed by atoms with E-state index in [1.165, 1.54) is 14.2 Å². The lowest BCUT2D eigenvalue weighted by Gasteiger charge is -2.29. The van der Waals surface area contributed by atoms with Crippen molar-refractivity contribution in [3.05, 3.63) is 51.8 Å². The van der Waals surface area contributed by atoms with E-state index in [-0.39, 0.29) is 5.69 Å². The molecule has 0 saturated heterocycles. The molecule has 0 aliphatic carbocycles. The van der Waals surface area contributed by atoms with Crippen molar-refractivity contribution in [3.8, 4) is 11.1 Å². The number of benzene rings is 1. The average Bonchev–Trinajstić information content (AvgIpc) is 2.66. The second kappa shape index (κ2) is 8.93. The molecule has 0 aliphatic rings. The molecule has 1 heterocycles. The number of aryl methyl sites for hydroxylation is 1. The first kappa shape index (κ1) is 22.8. The molecule has 6 nitrogen and oxygen atoms in total. The van der Waals surface area contributed by atoms with E-state index in [0.717, 1.165) is 5.56 Å². The highest BCUT2D eigenvalue weighted by molar-refractivity contribution is 6.30. The van der Waals surface area contributed by atoms with E-state index in [2.05, 4.69) is 4.98 Å². The normalized spacial score (nSPS) is 12.4. The highest BCUT2D eigenvalue weighted by atomic mass is 35.5. The van der Waals surface area contributed by atoms with Crippen LogP contribution in [0.2, 0.25) is 5.02 Å². The number of nitrogens with zero attached hydrogens (tertiary/aromatic N) is 1. The van der Waals surface area contributed by atoms with Crippen LogP contribution in [-0.2, 0) is 19.0 Å². The Hall–Kier alpha value is -2.44. The first-order valence-electron chi connectivity index (χ1n) is 9.11. The SMILES string of the molecule is COC(=O)c1nc(C)c([C@H](OC(C)(C)C)C(=O)OC)c(-c2ccc(Cl)cc2)c1C. The number of halogens is 1. The van der Waals surface area contributed by atoms with Crippen LogP contribution in [0.5, 0.6) is 0 Å². The summed E-state index contributed by atoms with van der Waals surface area (Å²) in [6.07, 6.45) is -1.02. The number of carbonyl (C=O) groups excluding carboxylic acids is 2. The van der Waals surface area contributed by atoms with E-state index < -0.39 is 23.6 Å². The van der Waals surface area contributed by atoms with Crippen molar-refractivity contribution < 1.29 is 23.8 Å². The van der Waals surface area contributed by atoms with Crippen molar-refractivity contribution >= 4 is 23.5 Å². The molecule has 0 bridgehead atoms. The molecule has 1 aromatic carbocycles. The summed E-state index contributed by atoms with van der Waals surface area (Å²) in [7, 11) is 2.61. The number of ether oxygens (including phenoxy) is 3. The summed E-state index contributed by atoms with van der Waals surface area (Å²) in [5.41, 5.74) is 2.57. The molecule has 0 radical (unpaired) electrons. The standard InChI is InChI=1S/C22H26ClNO5/c1-12-16(14-8-10-15(23)11-9-14)17(13(2)24-18(12)20(25)27-6)19(21(26)28-7)29-22(3,4)5/h8-11,19H,1-7H3/t19-/m0/s1. The second-order valence-corrected chi connectivity index (χ2v) is 8.03. The lowest BCUT2D eigenvalue weighted by Crippen LogP contribution is -2.30. The second-order valence-electron chi connectivity index (χ2n) is 7.59. The maximum absolute atomic E-state index is 12.7. The largest absolute Gasteiger partial charge is 0.467 e. The summed E-state index contributed by atoms with van der Waals surface area (Å²) in [5.74, 6) is -1.11. The van der Waals surface area contributed by atoms with Gasteiger partial charge in [0.1, 0.15) is 0 Å². The van der Waals surface area contributed by atoms with Gasteiger partial charge in [0.15, 0.2) is 11.8 Å². The van der Waals surface area contributed by atoms with Crippen molar-refractivity contribution in [2.75, 3.05) is 14.2 Å². The number of methoxy groups -OCH3 is 2. The summed E-state index contributed by atoms with van der Waals surface area (Å²) in [6, 6.07) is 7.12. The van der Waals surface area contributed by atoms with Gasteiger partial charge in [-0.25, -0.2) is 14.6 Å². The van der Waals surface area contributed by atoms with E-state index in [9.17, 15) is 9.59 Å². The first-order chi connectivity index (χ1) is 13.5. The van der Waals surface area contributed by atoms with Crippen LogP contribution in [0.1, 0.15) is 54.2 Å². The van der Waals surface area contributed by atoms with E-state index in [1.54, 1.807) is 26.0 Å². The molecule has 0 aliphatic heterocycles. The van der Waals surface area contributed by atoms with Gasteiger partial charge in [-0.05, 0) is 63.4 Å². The molecule has 0 amide bonds. The number of aromatic nitrogens is 1. The minimum atomic E-state index is -1.02. The zero-order chi connectivity index (χ0) is 21.9. The van der Waals surface area contributed by atoms with Gasteiger partial charge in [-0.3, -0.25) is 0 Å². The topological polar surface area (TPSA) is 74.7 Å². The minimum Gasteiger partial charge on any atom is -0.467 e. The van der Waals surface area contributed by atoms with Gasteiger partial charge in [-0.1, -0.05) is 23.7 Å². The fourth-order valence-electron chi connectivity index (χ4n) is 3.10. The van der Waals surface area contributed by atoms with Gasteiger partial charge < -0.3 is 14.2 Å². The Balaban J connectivity index is 2.88. The number of hydrogen-bond acceptors (Lipinski definition) is 6. The molecule has 0 saturated carbocycles. The molecule has 1 atom stereocenters. The predicted molar refractivity (Wildman–Crippen MR) is 111 cm³/mol. The highest BCUT2D eigenvalue weighted by Gasteiger charge is 2.34. The van der Waals surface area contributed by atoms with Gasteiger partial charge in [0.05, 0.1) is 19.8 Å². The van der Waals surface area contributed by atoms with E-state index in [4.69, 9.17) is 25.8 Å². The highest BCUT2D eigenvalue weighted by Crippen LogP contribution is 2.38. The quantitative estimate of drug-likeness (QED) is 0.646. The molecule has 0 N–H and O–H groups in total. The third-order valence-electron chi connectivity index (χ3n) is 4.33. The first-order valence-corrected chi connectivity index (χ1v) is 9.49. The smallest absolute Gasteiger partial charge is 0.356 e. The summed E-state index contributed by atoms with van der Waals surface area (Å²) in [4.78, 5) is 29.4. The fourth-order valence-corrected chi connectivity index (χ4v) is 3.23. The zero-order valence-electron chi connectivity index (χ0n) is 17.8. The molecular weight excluding hydrogens is 394 g/mol. The Morgan fingerprint density at radius 1 is 1.03 bits per heavy atom. The molecule has 0 unspecified atom stereocenters. The molecule has 0 fully saturated rings. The molecule has 156 valence electrons. The van der Waals surface area contributed by atoms with Crippen molar-refractivity contribution in [2.45, 2.75) is 46.3 Å². The van der Waals surface area contributed by atoms with Crippen LogP contribution in [0.15, 0.2) is 24.3 Å². The monoisotopic (exact) mass is 419 g/mol. The Bertz CT molecular complexity index is 916. The maximum atomic E-state index is 12.7. The number of esters is 2. The fraction of sp³-hybridized carbons (Fsp3) is 0.409. The lowest BCUT2D eigenvalue weighted by atomic mass is 9.90. The Labute approximate surface area is 176 Å². The molecule has 2 rings (SSSR count). The molecular formula is C22H26ClNO5. The predicted octanol–water partition coefficient (Wildman–Crippen LogP) is 4.83. The molecule has 7 heteroatoms. The number of rotatable bonds is 5. The maximum Gasteiger partial charge on any atom is 0.356 e. The zero-order valence-corrected chi connectivity index (χ0v) is 18.5. The van der Waals surface area contributed by atoms with Crippen molar-refractivity contribution in [3.63, 3.8) is 0 Å². The molecule has 29 heavy (non-hydrogen) atoms. The van der Waals surface area contributed by atoms with Gasteiger partial charge in [-0.2, -0.15) is 0 Å². The minimum absolute atomic E-state index is 0.179. The van der Waals surface area contributed by atoms with Crippen molar-refractivity contribution in [1.29, 1.82) is 0 Å². The van der Waals surface area contributed by atoms with Crippen molar-refractivity contribution in [2.24, 2.45) is 0 Å². The van der Waals surface area contributed by atoms with Gasteiger partial charge in [0, 0.05) is 16.3 Å². The van der Waals surface area contributed by atoms with Crippen LogP contribution in [-0.4, -0.2) is 36.7 Å². The molecule has 2 aromatic rings. The third kappa shape index (κ3) is 5.14. The van der Waals surface area contributed by atoms with Crippen LogP contribution in [0.4, 0.5) is 0 Å². The van der Waals surface area contributed by atoms with E-state index >= 15 is 0 Å².